The first-order valence-electron chi connectivity index (χ1n) is 5.46. The van der Waals surface area contributed by atoms with Crippen LogP contribution in [0.5, 0.6) is 0 Å². The summed E-state index contributed by atoms with van der Waals surface area (Å²) in [5.74, 6) is -0.444. The fourth-order valence-corrected chi connectivity index (χ4v) is 1.43. The van der Waals surface area contributed by atoms with E-state index in [0.717, 1.165) is 0 Å². The van der Waals surface area contributed by atoms with Crippen molar-refractivity contribution < 1.29 is 14.1 Å². The van der Waals surface area contributed by atoms with Crippen LogP contribution < -0.4 is 5.32 Å². The van der Waals surface area contributed by atoms with Crippen molar-refractivity contribution in [2.75, 3.05) is 6.54 Å². The topological polar surface area (TPSA) is 72.2 Å². The number of Topliss-reactive ketones (excluding diaryl/α,β-unsaturated/α-hetero) is 1. The minimum Gasteiger partial charge on any atom is -0.353 e. The molecule has 1 heterocycles. The number of benzene rings is 1. The van der Waals surface area contributed by atoms with Crippen LogP contribution in [0.2, 0.25) is 0 Å². The van der Waals surface area contributed by atoms with Crippen LogP contribution >= 0.6 is 0 Å². The number of hydrogen-bond donors (Lipinski definition) is 1. The van der Waals surface area contributed by atoms with Gasteiger partial charge < -0.3 is 9.84 Å². The van der Waals surface area contributed by atoms with Gasteiger partial charge in [-0.15, -0.1) is 0 Å². The first kappa shape index (κ1) is 12.0. The highest BCUT2D eigenvalue weighted by Crippen LogP contribution is 2.03. The Balaban J connectivity index is 1.92. The Morgan fingerprint density at radius 2 is 2.00 bits per heavy atom. The second-order valence-corrected chi connectivity index (χ2v) is 3.80. The quantitative estimate of drug-likeness (QED) is 0.829. The van der Waals surface area contributed by atoms with Crippen LogP contribution in [0.15, 0.2) is 40.9 Å². The van der Waals surface area contributed by atoms with Gasteiger partial charge in [0.1, 0.15) is 0 Å². The van der Waals surface area contributed by atoms with Crippen LogP contribution in [0.3, 0.4) is 0 Å². The van der Waals surface area contributed by atoms with E-state index >= 15 is 0 Å². The summed E-state index contributed by atoms with van der Waals surface area (Å²) in [7, 11) is 0. The fourth-order valence-electron chi connectivity index (χ4n) is 1.43. The molecule has 0 saturated heterocycles. The maximum atomic E-state index is 11.7. The molecular formula is C13H12N2O3. The average molecular weight is 244 g/mol. The first-order valence-corrected chi connectivity index (χ1v) is 5.46. The maximum absolute atomic E-state index is 11.7. The van der Waals surface area contributed by atoms with E-state index in [1.807, 2.05) is 6.07 Å². The van der Waals surface area contributed by atoms with E-state index < -0.39 is 0 Å². The number of amides is 1. The molecule has 0 fully saturated rings. The van der Waals surface area contributed by atoms with Crippen molar-refractivity contribution in [2.45, 2.75) is 6.92 Å². The minimum absolute atomic E-state index is 0.109. The predicted octanol–water partition coefficient (Wildman–Crippen LogP) is 1.60. The summed E-state index contributed by atoms with van der Waals surface area (Å²) < 4.78 is 4.81. The van der Waals surface area contributed by atoms with Crippen molar-refractivity contribution in [3.63, 3.8) is 0 Å². The highest BCUT2D eigenvalue weighted by Gasteiger charge is 2.13. The lowest BCUT2D eigenvalue weighted by Crippen LogP contribution is -2.29. The molecule has 0 aliphatic heterocycles. The summed E-state index contributed by atoms with van der Waals surface area (Å²) in [4.78, 5) is 23.3. The zero-order valence-corrected chi connectivity index (χ0v) is 9.84. The van der Waals surface area contributed by atoms with Crippen LogP contribution in [-0.4, -0.2) is 23.4 Å². The summed E-state index contributed by atoms with van der Waals surface area (Å²) >= 11 is 0. The average Bonchev–Trinajstić information content (AvgIpc) is 2.83. The number of carbonyl (C=O) groups is 2. The zero-order chi connectivity index (χ0) is 13.0. The predicted molar refractivity (Wildman–Crippen MR) is 64.3 cm³/mol. The minimum atomic E-state index is -0.306. The standard InChI is InChI=1S/C13H12N2O3/c1-9-7-12(18-15-9)11(16)8-14-13(17)10-5-3-2-4-6-10/h2-7H,8H2,1H3,(H,14,17). The Morgan fingerprint density at radius 3 is 2.61 bits per heavy atom. The SMILES string of the molecule is Cc1cc(C(=O)CNC(=O)c2ccccc2)on1. The second kappa shape index (κ2) is 5.27. The molecule has 2 aromatic rings. The lowest BCUT2D eigenvalue weighted by Gasteiger charge is -2.02. The van der Waals surface area contributed by atoms with E-state index in [4.69, 9.17) is 4.52 Å². The summed E-state index contributed by atoms with van der Waals surface area (Å²) in [5, 5.41) is 6.14. The molecule has 0 radical (unpaired) electrons. The van der Waals surface area contributed by atoms with Gasteiger partial charge in [-0.05, 0) is 19.1 Å². The molecule has 1 aromatic heterocycles. The normalized spacial score (nSPS) is 10.1. The second-order valence-electron chi connectivity index (χ2n) is 3.80. The third kappa shape index (κ3) is 2.82. The van der Waals surface area contributed by atoms with Gasteiger partial charge in [-0.25, -0.2) is 0 Å². The highest BCUT2D eigenvalue weighted by atomic mass is 16.5. The molecule has 0 aliphatic carbocycles. The van der Waals surface area contributed by atoms with Crippen molar-refractivity contribution in [1.82, 2.24) is 10.5 Å². The van der Waals surface area contributed by atoms with Gasteiger partial charge in [-0.2, -0.15) is 0 Å². The molecule has 1 N–H and O–H groups in total. The van der Waals surface area contributed by atoms with E-state index in [1.165, 1.54) is 6.07 Å². The van der Waals surface area contributed by atoms with Crippen LogP contribution in [0, 0.1) is 6.92 Å². The molecule has 0 aliphatic rings. The van der Waals surface area contributed by atoms with E-state index in [1.54, 1.807) is 31.2 Å². The molecule has 0 saturated carbocycles. The number of ketones is 1. The monoisotopic (exact) mass is 244 g/mol. The number of rotatable bonds is 4. The molecular weight excluding hydrogens is 232 g/mol. The Morgan fingerprint density at radius 1 is 1.28 bits per heavy atom. The van der Waals surface area contributed by atoms with Crippen molar-refractivity contribution in [2.24, 2.45) is 0 Å². The molecule has 0 bridgehead atoms. The van der Waals surface area contributed by atoms with Crippen molar-refractivity contribution in [3.8, 4) is 0 Å². The molecule has 18 heavy (non-hydrogen) atoms. The van der Waals surface area contributed by atoms with Gasteiger partial charge >= 0.3 is 0 Å². The van der Waals surface area contributed by atoms with E-state index in [2.05, 4.69) is 10.5 Å². The molecule has 92 valence electrons. The molecule has 0 atom stereocenters. The fraction of sp³-hybridized carbons (Fsp3) is 0.154. The van der Waals surface area contributed by atoms with Gasteiger partial charge in [0.25, 0.3) is 5.91 Å². The van der Waals surface area contributed by atoms with E-state index in [-0.39, 0.29) is 24.0 Å². The van der Waals surface area contributed by atoms with Crippen LogP contribution in [0.25, 0.3) is 0 Å². The number of nitrogens with one attached hydrogen (secondary N) is 1. The van der Waals surface area contributed by atoms with Crippen LogP contribution in [0.4, 0.5) is 0 Å². The Bertz CT molecular complexity index is 561. The largest absolute Gasteiger partial charge is 0.353 e. The van der Waals surface area contributed by atoms with Crippen LogP contribution in [0.1, 0.15) is 26.6 Å². The summed E-state index contributed by atoms with van der Waals surface area (Å²) in [6, 6.07) is 10.2. The molecule has 5 nitrogen and oxygen atoms in total. The van der Waals surface area contributed by atoms with Gasteiger partial charge in [0.05, 0.1) is 12.2 Å². The van der Waals surface area contributed by atoms with Crippen molar-refractivity contribution in [3.05, 3.63) is 53.4 Å². The lowest BCUT2D eigenvalue weighted by molar-refractivity contribution is 0.0888. The van der Waals surface area contributed by atoms with Crippen molar-refractivity contribution in [1.29, 1.82) is 0 Å². The smallest absolute Gasteiger partial charge is 0.251 e. The Hall–Kier alpha value is -2.43. The number of carbonyl (C=O) groups excluding carboxylic acids is 2. The third-order valence-corrected chi connectivity index (χ3v) is 2.35. The Labute approximate surface area is 104 Å². The number of aryl methyl sites for hydroxylation is 1. The highest BCUT2D eigenvalue weighted by molar-refractivity contribution is 6.00. The number of nitrogens with zero attached hydrogens (tertiary/aromatic N) is 1. The molecule has 1 amide bonds. The van der Waals surface area contributed by atoms with E-state index in [9.17, 15) is 9.59 Å². The van der Waals surface area contributed by atoms with E-state index in [0.29, 0.717) is 11.3 Å². The van der Waals surface area contributed by atoms with Crippen molar-refractivity contribution >= 4 is 11.7 Å². The van der Waals surface area contributed by atoms with Gasteiger partial charge in [0, 0.05) is 11.6 Å². The van der Waals surface area contributed by atoms with Gasteiger partial charge in [0.15, 0.2) is 0 Å². The number of hydrogen-bond acceptors (Lipinski definition) is 4. The molecule has 1 aromatic carbocycles. The molecule has 5 heteroatoms. The summed E-state index contributed by atoms with van der Waals surface area (Å²) in [6.45, 7) is 1.62. The maximum Gasteiger partial charge on any atom is 0.251 e. The summed E-state index contributed by atoms with van der Waals surface area (Å²) in [5.41, 5.74) is 1.15. The molecule has 0 spiro atoms. The molecule has 0 unspecified atom stereocenters. The first-order chi connectivity index (χ1) is 8.66. The van der Waals surface area contributed by atoms with Gasteiger partial charge in [0.2, 0.25) is 11.5 Å². The third-order valence-electron chi connectivity index (χ3n) is 2.35. The van der Waals surface area contributed by atoms with Gasteiger partial charge in [-0.1, -0.05) is 23.4 Å². The van der Waals surface area contributed by atoms with Crippen LogP contribution in [-0.2, 0) is 0 Å². The lowest BCUT2D eigenvalue weighted by atomic mass is 10.2. The Kier molecular flexibility index (Phi) is 3.52. The van der Waals surface area contributed by atoms with Gasteiger partial charge in [-0.3, -0.25) is 9.59 Å². The number of aromatic nitrogens is 1. The zero-order valence-electron chi connectivity index (χ0n) is 9.84. The molecule has 2 rings (SSSR count). The summed E-state index contributed by atoms with van der Waals surface area (Å²) in [6.07, 6.45) is 0.